The first-order valence-corrected chi connectivity index (χ1v) is 4.08. The molecule has 0 spiro atoms. The van der Waals surface area contributed by atoms with Crippen LogP contribution in [0.25, 0.3) is 0 Å². The quantitative estimate of drug-likeness (QED) is 0.657. The van der Waals surface area contributed by atoms with Crippen LogP contribution in [0.2, 0.25) is 0 Å². The monoisotopic (exact) mass is 213 g/mol. The number of carbonyl (C=O) groups is 1. The molecule has 0 aliphatic carbocycles. The lowest BCUT2D eigenvalue weighted by Crippen LogP contribution is -2.21. The van der Waals surface area contributed by atoms with Gasteiger partial charge in [0.2, 0.25) is 0 Å². The number of hydrogen-bond donors (Lipinski definition) is 2. The zero-order chi connectivity index (χ0) is 10.3. The van der Waals surface area contributed by atoms with Crippen LogP contribution in [0.3, 0.4) is 0 Å². The summed E-state index contributed by atoms with van der Waals surface area (Å²) in [5, 5.41) is 10.6. The smallest absolute Gasteiger partial charge is 0.307 e. The van der Waals surface area contributed by atoms with Gasteiger partial charge in [-0.15, -0.1) is 11.6 Å². The maximum atomic E-state index is 11.7. The van der Waals surface area contributed by atoms with Crippen LogP contribution in [-0.2, 0) is 4.79 Å². The predicted octanol–water partition coefficient (Wildman–Crippen LogP) is 1.44. The van der Waals surface area contributed by atoms with Gasteiger partial charge in [0.25, 0.3) is 6.43 Å². The van der Waals surface area contributed by atoms with Crippen LogP contribution >= 0.6 is 11.6 Å². The maximum absolute atomic E-state index is 11.7. The second-order valence-electron chi connectivity index (χ2n) is 2.23. The number of hydrogen-bond acceptors (Lipinski definition) is 2. The number of allylic oxidation sites excluding steroid dienone is 1. The van der Waals surface area contributed by atoms with Crippen molar-refractivity contribution in [1.29, 1.82) is 0 Å². The van der Waals surface area contributed by atoms with Crippen molar-refractivity contribution < 1.29 is 18.7 Å². The Labute approximate surface area is 79.4 Å². The number of halogens is 3. The average Bonchev–Trinajstić information content (AvgIpc) is 2.04. The highest BCUT2D eigenvalue weighted by Crippen LogP contribution is 1.98. The maximum Gasteiger partial charge on any atom is 0.307 e. The van der Waals surface area contributed by atoms with E-state index in [1.165, 1.54) is 6.08 Å². The van der Waals surface area contributed by atoms with Crippen molar-refractivity contribution in [2.45, 2.75) is 12.8 Å². The number of rotatable bonds is 6. The first-order chi connectivity index (χ1) is 6.06. The molecule has 0 aromatic rings. The van der Waals surface area contributed by atoms with Gasteiger partial charge >= 0.3 is 5.97 Å². The number of alkyl halides is 3. The summed E-state index contributed by atoms with van der Waals surface area (Å²) in [7, 11) is 0. The average molecular weight is 214 g/mol. The lowest BCUT2D eigenvalue weighted by Gasteiger charge is -2.06. The number of nitrogens with one attached hydrogen (secondary N) is 1. The Morgan fingerprint density at radius 1 is 1.62 bits per heavy atom. The van der Waals surface area contributed by atoms with Gasteiger partial charge in [-0.1, -0.05) is 6.08 Å². The molecule has 0 saturated heterocycles. The lowest BCUT2D eigenvalue weighted by molar-refractivity contribution is -0.136. The van der Waals surface area contributed by atoms with Crippen LogP contribution in [0.15, 0.2) is 11.8 Å². The van der Waals surface area contributed by atoms with Crippen LogP contribution < -0.4 is 5.32 Å². The molecule has 0 amide bonds. The Morgan fingerprint density at radius 2 is 2.23 bits per heavy atom. The van der Waals surface area contributed by atoms with Crippen molar-refractivity contribution in [1.82, 2.24) is 5.32 Å². The molecule has 2 N–H and O–H groups in total. The van der Waals surface area contributed by atoms with Gasteiger partial charge in [-0.3, -0.25) is 4.79 Å². The van der Waals surface area contributed by atoms with Crippen molar-refractivity contribution in [2.75, 3.05) is 12.4 Å². The highest BCUT2D eigenvalue weighted by atomic mass is 35.5. The molecule has 0 aromatic heterocycles. The van der Waals surface area contributed by atoms with Gasteiger partial charge in [0.05, 0.1) is 18.8 Å². The van der Waals surface area contributed by atoms with Crippen molar-refractivity contribution in [3.8, 4) is 0 Å². The Morgan fingerprint density at radius 3 is 2.62 bits per heavy atom. The molecule has 6 heteroatoms. The highest BCUT2D eigenvalue weighted by Gasteiger charge is 2.03. The zero-order valence-corrected chi connectivity index (χ0v) is 7.52. The molecule has 0 saturated carbocycles. The third kappa shape index (κ3) is 7.52. The van der Waals surface area contributed by atoms with Crippen LogP contribution in [-0.4, -0.2) is 29.9 Å². The second-order valence-corrected chi connectivity index (χ2v) is 2.50. The highest BCUT2D eigenvalue weighted by molar-refractivity contribution is 6.19. The largest absolute Gasteiger partial charge is 0.481 e. The molecule has 0 radical (unpaired) electrons. The zero-order valence-electron chi connectivity index (χ0n) is 6.77. The summed E-state index contributed by atoms with van der Waals surface area (Å²) in [6, 6.07) is 0. The summed E-state index contributed by atoms with van der Waals surface area (Å²) in [5.74, 6) is -1.03. The summed E-state index contributed by atoms with van der Waals surface area (Å²) in [5.41, 5.74) is 0.310. The fourth-order valence-corrected chi connectivity index (χ4v) is 0.796. The van der Waals surface area contributed by atoms with E-state index in [1.54, 1.807) is 0 Å². The van der Waals surface area contributed by atoms with Crippen molar-refractivity contribution in [2.24, 2.45) is 0 Å². The van der Waals surface area contributed by atoms with E-state index in [9.17, 15) is 13.6 Å². The molecule has 0 unspecified atom stereocenters. The molecule has 0 aliphatic rings. The fraction of sp³-hybridized carbons (Fsp3) is 0.571. The Bertz CT molecular complexity index is 197. The van der Waals surface area contributed by atoms with E-state index < -0.39 is 18.9 Å². The van der Waals surface area contributed by atoms with E-state index in [1.807, 2.05) is 0 Å². The molecule has 76 valence electrons. The molecule has 3 nitrogen and oxygen atoms in total. The van der Waals surface area contributed by atoms with Crippen molar-refractivity contribution >= 4 is 17.6 Å². The Kier molecular flexibility index (Phi) is 6.22. The van der Waals surface area contributed by atoms with E-state index in [-0.39, 0.29) is 12.3 Å². The third-order valence-electron chi connectivity index (χ3n) is 1.15. The lowest BCUT2D eigenvalue weighted by atomic mass is 10.3. The minimum absolute atomic E-state index is 0.000000000000000222. The summed E-state index contributed by atoms with van der Waals surface area (Å²) in [4.78, 5) is 10.1. The first-order valence-electron chi connectivity index (χ1n) is 3.55. The van der Waals surface area contributed by atoms with Crippen LogP contribution in [0.1, 0.15) is 6.42 Å². The second kappa shape index (κ2) is 6.65. The molecule has 0 bridgehead atoms. The van der Waals surface area contributed by atoms with Gasteiger partial charge in [-0.2, -0.15) is 0 Å². The molecule has 13 heavy (non-hydrogen) atoms. The van der Waals surface area contributed by atoms with Gasteiger partial charge in [0.1, 0.15) is 0 Å². The molecule has 0 heterocycles. The van der Waals surface area contributed by atoms with Crippen LogP contribution in [0.4, 0.5) is 8.78 Å². The minimum atomic E-state index is -2.48. The summed E-state index contributed by atoms with van der Waals surface area (Å²) in [6.07, 6.45) is -1.42. The molecule has 0 aliphatic heterocycles. The van der Waals surface area contributed by atoms with E-state index in [0.717, 1.165) is 0 Å². The first kappa shape index (κ1) is 12.2. The fourth-order valence-electron chi connectivity index (χ4n) is 0.593. The molecule has 0 rings (SSSR count). The molecule has 0 atom stereocenters. The summed E-state index contributed by atoms with van der Waals surface area (Å²) in [6.45, 7) is -0.516. The van der Waals surface area contributed by atoms with E-state index >= 15 is 0 Å². The Hall–Kier alpha value is -0.840. The van der Waals surface area contributed by atoms with Gasteiger partial charge in [0.15, 0.2) is 0 Å². The molecule has 0 fully saturated rings. The SMILES string of the molecule is O=C(O)CC=C(CCl)NCC(F)F. The van der Waals surface area contributed by atoms with E-state index in [4.69, 9.17) is 16.7 Å². The van der Waals surface area contributed by atoms with Gasteiger partial charge in [0, 0.05) is 5.70 Å². The van der Waals surface area contributed by atoms with E-state index in [0.29, 0.717) is 5.70 Å². The van der Waals surface area contributed by atoms with Gasteiger partial charge in [-0.05, 0) is 0 Å². The Balaban J connectivity index is 3.87. The van der Waals surface area contributed by atoms with Crippen molar-refractivity contribution in [3.63, 3.8) is 0 Å². The number of aliphatic carboxylic acids is 1. The summed E-state index contributed by atoms with van der Waals surface area (Å²) < 4.78 is 23.4. The minimum Gasteiger partial charge on any atom is -0.481 e. The van der Waals surface area contributed by atoms with Crippen LogP contribution in [0.5, 0.6) is 0 Å². The molecular formula is C7H10ClF2NO2. The number of carboxylic acids is 1. The standard InChI is InChI=1S/C7H10ClF2NO2/c8-3-5(1-2-7(12)13)11-4-6(9)10/h1,6,11H,2-4H2,(H,12,13). The van der Waals surface area contributed by atoms with Gasteiger partial charge in [-0.25, -0.2) is 8.78 Å². The topological polar surface area (TPSA) is 49.3 Å². The summed E-state index contributed by atoms with van der Waals surface area (Å²) >= 11 is 5.37. The van der Waals surface area contributed by atoms with Crippen LogP contribution in [0, 0.1) is 0 Å². The predicted molar refractivity (Wildman–Crippen MR) is 45.1 cm³/mol. The third-order valence-corrected chi connectivity index (χ3v) is 1.44. The normalized spacial score (nSPS) is 11.8. The number of carboxylic acid groups (broad SMARTS) is 1. The van der Waals surface area contributed by atoms with Crippen molar-refractivity contribution in [3.05, 3.63) is 11.8 Å². The molecule has 0 aromatic carbocycles. The van der Waals surface area contributed by atoms with E-state index in [2.05, 4.69) is 5.32 Å². The molecular weight excluding hydrogens is 204 g/mol. The van der Waals surface area contributed by atoms with Gasteiger partial charge < -0.3 is 10.4 Å².